The Morgan fingerprint density at radius 2 is 1.48 bits per heavy atom. The minimum absolute atomic E-state index is 0.215. The highest BCUT2D eigenvalue weighted by molar-refractivity contribution is 5.43. The number of hydrogen-bond acceptors (Lipinski definition) is 6. The summed E-state index contributed by atoms with van der Waals surface area (Å²) in [5.41, 5.74) is 6.43. The molecule has 6 nitrogen and oxygen atoms in total. The first-order valence-electron chi connectivity index (χ1n) is 12.7. The van der Waals surface area contributed by atoms with Gasteiger partial charge in [0.1, 0.15) is 24.4 Å². The molecule has 3 heterocycles. The number of hydrogen-bond donors (Lipinski definition) is 0. The van der Waals surface area contributed by atoms with E-state index in [1.807, 2.05) is 0 Å². The summed E-state index contributed by atoms with van der Waals surface area (Å²) in [5.74, 6) is -1.16. The number of rotatable bonds is 8. The molecular weight excluding hydrogens is 420 g/mol. The molecule has 0 saturated carbocycles. The third-order valence-electron chi connectivity index (χ3n) is 8.31. The maximum absolute atomic E-state index is 6.61. The molecule has 4 rings (SSSR count). The van der Waals surface area contributed by atoms with E-state index in [2.05, 4.69) is 61.5 Å². The molecule has 0 amide bonds. The largest absolute Gasteiger partial charge is 0.368 e. The fourth-order valence-electron chi connectivity index (χ4n) is 5.42. The van der Waals surface area contributed by atoms with Gasteiger partial charge in [-0.25, -0.2) is 0 Å². The van der Waals surface area contributed by atoms with Crippen LogP contribution in [-0.2, 0) is 35.0 Å². The van der Waals surface area contributed by atoms with Crippen molar-refractivity contribution < 1.29 is 28.4 Å². The summed E-state index contributed by atoms with van der Waals surface area (Å²) >= 11 is 0. The van der Waals surface area contributed by atoms with Crippen molar-refractivity contribution in [1.29, 1.82) is 0 Å². The van der Waals surface area contributed by atoms with Gasteiger partial charge in [0.25, 0.3) is 0 Å². The van der Waals surface area contributed by atoms with Gasteiger partial charge in [-0.1, -0.05) is 33.8 Å². The van der Waals surface area contributed by atoms with E-state index in [4.69, 9.17) is 28.4 Å². The maximum atomic E-state index is 6.61. The van der Waals surface area contributed by atoms with Crippen molar-refractivity contribution in [2.45, 2.75) is 130 Å². The molecule has 0 bridgehead atoms. The number of fused-ring (bicyclic) bond motifs is 1. The van der Waals surface area contributed by atoms with E-state index in [0.717, 1.165) is 25.7 Å². The van der Waals surface area contributed by atoms with E-state index in [1.54, 1.807) is 0 Å². The molecule has 1 aromatic carbocycles. The normalized spacial score (nSPS) is 32.4. The van der Waals surface area contributed by atoms with Crippen molar-refractivity contribution in [3.8, 4) is 0 Å². The van der Waals surface area contributed by atoms with E-state index in [9.17, 15) is 0 Å². The predicted octanol–water partition coefficient (Wildman–Crippen LogP) is 5.39. The molecule has 0 unspecified atom stereocenters. The zero-order valence-electron chi connectivity index (χ0n) is 21.7. The van der Waals surface area contributed by atoms with Gasteiger partial charge in [0.05, 0.1) is 13.2 Å². The fourth-order valence-corrected chi connectivity index (χ4v) is 5.42. The number of aryl methyl sites for hydroxylation is 1. The average molecular weight is 463 g/mol. The molecule has 3 aliphatic rings. The minimum Gasteiger partial charge on any atom is -0.368 e. The minimum atomic E-state index is -0.613. The fraction of sp³-hybridized carbons (Fsp3) is 0.778. The van der Waals surface area contributed by atoms with E-state index in [0.29, 0.717) is 13.2 Å². The van der Waals surface area contributed by atoms with Crippen LogP contribution in [0.4, 0.5) is 0 Å². The highest BCUT2D eigenvalue weighted by Gasteiger charge is 2.60. The number of benzene rings is 1. The average Bonchev–Trinajstić information content (AvgIpc) is 3.51. The topological polar surface area (TPSA) is 55.4 Å². The Kier molecular flexibility index (Phi) is 7.26. The predicted molar refractivity (Wildman–Crippen MR) is 126 cm³/mol. The van der Waals surface area contributed by atoms with Crippen LogP contribution in [0.5, 0.6) is 0 Å². The summed E-state index contributed by atoms with van der Waals surface area (Å²) in [4.78, 5) is 0. The summed E-state index contributed by atoms with van der Waals surface area (Å²) in [7, 11) is 0. The van der Waals surface area contributed by atoms with E-state index in [-0.39, 0.29) is 24.4 Å². The van der Waals surface area contributed by atoms with Crippen LogP contribution in [0, 0.1) is 27.7 Å². The van der Waals surface area contributed by atoms with Crippen molar-refractivity contribution in [2.24, 2.45) is 0 Å². The van der Waals surface area contributed by atoms with Crippen LogP contribution in [0.2, 0.25) is 0 Å². The molecule has 5 atom stereocenters. The van der Waals surface area contributed by atoms with Crippen molar-refractivity contribution in [2.75, 3.05) is 6.61 Å². The van der Waals surface area contributed by atoms with Crippen LogP contribution in [0.15, 0.2) is 6.07 Å². The monoisotopic (exact) mass is 462 g/mol. The summed E-state index contributed by atoms with van der Waals surface area (Å²) < 4.78 is 38.4. The van der Waals surface area contributed by atoms with E-state index < -0.39 is 17.9 Å². The van der Waals surface area contributed by atoms with Gasteiger partial charge in [-0.3, -0.25) is 0 Å². The Hall–Kier alpha value is -1.02. The lowest BCUT2D eigenvalue weighted by Gasteiger charge is -2.32. The van der Waals surface area contributed by atoms with Crippen LogP contribution in [0.3, 0.4) is 0 Å². The van der Waals surface area contributed by atoms with Crippen LogP contribution in [0.1, 0.15) is 81.2 Å². The van der Waals surface area contributed by atoms with Crippen LogP contribution < -0.4 is 0 Å². The second kappa shape index (κ2) is 9.56. The Morgan fingerprint density at radius 3 is 2.09 bits per heavy atom. The molecule has 0 N–H and O–H groups in total. The van der Waals surface area contributed by atoms with Gasteiger partial charge in [0.2, 0.25) is 0 Å². The Labute approximate surface area is 199 Å². The van der Waals surface area contributed by atoms with Gasteiger partial charge in [0.15, 0.2) is 17.9 Å². The molecule has 3 fully saturated rings. The first kappa shape index (κ1) is 25.1. The Bertz CT molecular complexity index is 844. The van der Waals surface area contributed by atoms with Crippen LogP contribution in [-0.4, -0.2) is 48.9 Å². The molecule has 0 radical (unpaired) electrons. The summed E-state index contributed by atoms with van der Waals surface area (Å²) in [5, 5.41) is 0. The zero-order chi connectivity index (χ0) is 24.0. The second-order valence-corrected chi connectivity index (χ2v) is 9.88. The van der Waals surface area contributed by atoms with Gasteiger partial charge in [-0.05, 0) is 81.2 Å². The summed E-state index contributed by atoms with van der Waals surface area (Å²) in [6, 6.07) is 2.24. The lowest BCUT2D eigenvalue weighted by Crippen LogP contribution is -2.45. The van der Waals surface area contributed by atoms with E-state index >= 15 is 0 Å². The van der Waals surface area contributed by atoms with Gasteiger partial charge in [-0.15, -0.1) is 0 Å². The Balaban J connectivity index is 1.57. The molecule has 3 saturated heterocycles. The van der Waals surface area contributed by atoms with Crippen molar-refractivity contribution in [3.63, 3.8) is 0 Å². The third kappa shape index (κ3) is 4.39. The molecule has 186 valence electrons. The molecule has 6 heteroatoms. The standard InChI is InChI=1S/C27H42O6/c1-9-26(10-2)29-15-21(31-26)22-23(24-25(30-22)33-27(11-3,12-4)32-24)28-14-20-13-16(5)17(6)18(7)19(20)8/h13,21-25H,9-12,14-15H2,1-8H3/t21-,22-,23+,24-,25-/m1/s1. The second-order valence-electron chi connectivity index (χ2n) is 9.88. The SMILES string of the molecule is CCC1(CC)O[C@H]2O[C@H]([C@H]3COC(CC)(CC)O3)[C@H](OCc3cc(C)c(C)c(C)c3C)[C@H]2O1. The molecule has 0 spiro atoms. The lowest BCUT2D eigenvalue weighted by molar-refractivity contribution is -0.255. The van der Waals surface area contributed by atoms with Gasteiger partial charge in [-0.2, -0.15) is 0 Å². The van der Waals surface area contributed by atoms with Gasteiger partial charge >= 0.3 is 0 Å². The van der Waals surface area contributed by atoms with Gasteiger partial charge in [0, 0.05) is 0 Å². The third-order valence-corrected chi connectivity index (χ3v) is 8.31. The summed E-state index contributed by atoms with van der Waals surface area (Å²) in [6.07, 6.45) is 1.58. The molecular formula is C27H42O6. The molecule has 33 heavy (non-hydrogen) atoms. The van der Waals surface area contributed by atoms with E-state index in [1.165, 1.54) is 27.8 Å². The van der Waals surface area contributed by atoms with Crippen molar-refractivity contribution in [3.05, 3.63) is 33.9 Å². The lowest BCUT2D eigenvalue weighted by atomic mass is 9.95. The maximum Gasteiger partial charge on any atom is 0.190 e. The smallest absolute Gasteiger partial charge is 0.190 e. The molecule has 0 aromatic heterocycles. The highest BCUT2D eigenvalue weighted by atomic mass is 16.8. The van der Waals surface area contributed by atoms with Crippen molar-refractivity contribution in [1.82, 2.24) is 0 Å². The zero-order valence-corrected chi connectivity index (χ0v) is 21.7. The van der Waals surface area contributed by atoms with Crippen LogP contribution >= 0.6 is 0 Å². The van der Waals surface area contributed by atoms with Crippen molar-refractivity contribution >= 4 is 0 Å². The highest BCUT2D eigenvalue weighted by Crippen LogP contribution is 2.45. The number of ether oxygens (including phenoxy) is 6. The molecule has 3 aliphatic heterocycles. The first-order chi connectivity index (χ1) is 15.7. The Morgan fingerprint density at radius 1 is 0.818 bits per heavy atom. The summed E-state index contributed by atoms with van der Waals surface area (Å²) in [6.45, 7) is 18.0. The molecule has 0 aliphatic carbocycles. The van der Waals surface area contributed by atoms with Gasteiger partial charge < -0.3 is 28.4 Å². The first-order valence-corrected chi connectivity index (χ1v) is 12.7. The quantitative estimate of drug-likeness (QED) is 0.516. The van der Waals surface area contributed by atoms with Crippen LogP contribution in [0.25, 0.3) is 0 Å². The molecule has 1 aromatic rings.